The van der Waals surface area contributed by atoms with E-state index in [1.165, 1.54) is 13.2 Å². The van der Waals surface area contributed by atoms with Crippen LogP contribution in [0, 0.1) is 5.92 Å². The third-order valence-electron chi connectivity index (χ3n) is 8.42. The molecule has 4 aromatic rings. The first-order valence-corrected chi connectivity index (χ1v) is 15.0. The summed E-state index contributed by atoms with van der Waals surface area (Å²) in [6.45, 7) is 4.89. The molecule has 0 radical (unpaired) electrons. The average molecular weight is 607 g/mol. The van der Waals surface area contributed by atoms with Crippen LogP contribution in [0.1, 0.15) is 58.4 Å². The summed E-state index contributed by atoms with van der Waals surface area (Å²) >= 11 is 0. The van der Waals surface area contributed by atoms with Gasteiger partial charge in [-0.25, -0.2) is 9.18 Å². The van der Waals surface area contributed by atoms with Crippen molar-refractivity contribution >= 4 is 22.9 Å². The lowest BCUT2D eigenvalue weighted by atomic mass is 9.84. The number of methoxy groups -OCH3 is 2. The fourth-order valence-corrected chi connectivity index (χ4v) is 6.16. The Balaban J connectivity index is 1.43. The van der Waals surface area contributed by atoms with Crippen molar-refractivity contribution in [3.8, 4) is 22.8 Å². The summed E-state index contributed by atoms with van der Waals surface area (Å²) in [7, 11) is 3.11. The fraction of sp³-hybridized carbons (Fsp3) is 0.250. The Morgan fingerprint density at radius 1 is 1.09 bits per heavy atom. The largest absolute Gasteiger partial charge is 0.496 e. The standard InChI is InChI=1S/C36H35FN4O4/c1-5-22-9-7-11-30(44-3)33(22)35-28-16-23(32-21(2)8-6-10-29(32)37)12-14-26(28)34-24(18-38-35)19-41(40-34)20-39-25-13-15-27(36(42)43)31(17-25)45-4/h6-7,9-17,19,21,39H,5,8,18,20H2,1-4H3,(H,42,43). The lowest BCUT2D eigenvalue weighted by molar-refractivity contribution is 0.0693. The summed E-state index contributed by atoms with van der Waals surface area (Å²) in [6, 6.07) is 16.9. The van der Waals surface area contributed by atoms with Gasteiger partial charge >= 0.3 is 5.97 Å². The van der Waals surface area contributed by atoms with Crippen LogP contribution in [0.3, 0.4) is 0 Å². The van der Waals surface area contributed by atoms with E-state index in [2.05, 4.69) is 18.3 Å². The van der Waals surface area contributed by atoms with E-state index in [-0.39, 0.29) is 23.1 Å². The van der Waals surface area contributed by atoms with Crippen molar-refractivity contribution in [3.63, 3.8) is 0 Å². The molecule has 2 heterocycles. The summed E-state index contributed by atoms with van der Waals surface area (Å²) in [4.78, 5) is 16.6. The summed E-state index contributed by atoms with van der Waals surface area (Å²) in [6.07, 6.45) is 6.98. The maximum absolute atomic E-state index is 15.2. The number of ether oxygens (including phenoxy) is 2. The van der Waals surface area contributed by atoms with Gasteiger partial charge in [0.05, 0.1) is 32.2 Å². The molecule has 0 saturated heterocycles. The molecule has 3 aromatic carbocycles. The molecule has 45 heavy (non-hydrogen) atoms. The van der Waals surface area contributed by atoms with Crippen LogP contribution in [0.15, 0.2) is 83.8 Å². The Morgan fingerprint density at radius 3 is 2.64 bits per heavy atom. The van der Waals surface area contributed by atoms with Crippen LogP contribution in [0.25, 0.3) is 16.8 Å². The SMILES string of the molecule is CCc1cccc(OC)c1C1=NCc2cn(CNc3ccc(C(=O)O)c(OC)c3)nc2-c2ccc(C3=C(F)C=CCC3C)cc21. The smallest absolute Gasteiger partial charge is 0.339 e. The molecule has 230 valence electrons. The summed E-state index contributed by atoms with van der Waals surface area (Å²) < 4.78 is 28.1. The van der Waals surface area contributed by atoms with Gasteiger partial charge in [-0.15, -0.1) is 0 Å². The molecule has 8 nitrogen and oxygen atoms in total. The van der Waals surface area contributed by atoms with Gasteiger partial charge in [0, 0.05) is 40.2 Å². The van der Waals surface area contributed by atoms with E-state index in [0.29, 0.717) is 24.5 Å². The number of aryl methyl sites for hydroxylation is 1. The van der Waals surface area contributed by atoms with Gasteiger partial charge < -0.3 is 19.9 Å². The maximum Gasteiger partial charge on any atom is 0.339 e. The van der Waals surface area contributed by atoms with Crippen LogP contribution in [0.2, 0.25) is 0 Å². The highest BCUT2D eigenvalue weighted by Crippen LogP contribution is 2.40. The Morgan fingerprint density at radius 2 is 1.91 bits per heavy atom. The van der Waals surface area contributed by atoms with E-state index in [4.69, 9.17) is 19.6 Å². The number of hydrogen-bond donors (Lipinski definition) is 2. The Labute approximate surface area is 261 Å². The summed E-state index contributed by atoms with van der Waals surface area (Å²) in [5, 5.41) is 17.7. The first kappa shape index (κ1) is 29.9. The van der Waals surface area contributed by atoms with Crippen molar-refractivity contribution in [2.75, 3.05) is 19.5 Å². The molecular weight excluding hydrogens is 571 g/mol. The number of halogens is 1. The minimum Gasteiger partial charge on any atom is -0.496 e. The number of anilines is 1. The monoisotopic (exact) mass is 606 g/mol. The number of carboxylic acid groups (broad SMARTS) is 1. The Kier molecular flexibility index (Phi) is 8.26. The van der Waals surface area contributed by atoms with Gasteiger partial charge in [-0.05, 0) is 65.8 Å². The van der Waals surface area contributed by atoms with Gasteiger partial charge in [-0.3, -0.25) is 9.67 Å². The molecule has 1 unspecified atom stereocenters. The zero-order valence-electron chi connectivity index (χ0n) is 25.7. The minimum absolute atomic E-state index is 0.0423. The molecule has 2 N–H and O–H groups in total. The predicted molar refractivity (Wildman–Crippen MR) is 174 cm³/mol. The molecule has 0 spiro atoms. The van der Waals surface area contributed by atoms with Crippen LogP contribution in [-0.4, -0.2) is 40.8 Å². The topological polar surface area (TPSA) is 98.0 Å². The number of carbonyl (C=O) groups is 1. The fourth-order valence-electron chi connectivity index (χ4n) is 6.16. The third kappa shape index (κ3) is 5.61. The van der Waals surface area contributed by atoms with Gasteiger partial charge in [0.25, 0.3) is 0 Å². The van der Waals surface area contributed by atoms with E-state index in [1.54, 1.807) is 30.0 Å². The van der Waals surface area contributed by atoms with Gasteiger partial charge in [0.2, 0.25) is 0 Å². The molecule has 1 aliphatic carbocycles. The Bertz CT molecular complexity index is 1870. The van der Waals surface area contributed by atoms with Crippen molar-refractivity contribution in [2.45, 2.75) is 39.9 Å². The Hall–Kier alpha value is -5.18. The molecular formula is C36H35FN4O4. The first-order valence-electron chi connectivity index (χ1n) is 15.0. The zero-order valence-corrected chi connectivity index (χ0v) is 25.7. The second kappa shape index (κ2) is 12.4. The van der Waals surface area contributed by atoms with Crippen molar-refractivity contribution in [1.82, 2.24) is 9.78 Å². The number of benzene rings is 3. The summed E-state index contributed by atoms with van der Waals surface area (Å²) in [5.41, 5.74) is 8.69. The number of nitrogens with one attached hydrogen (secondary N) is 1. The maximum atomic E-state index is 15.2. The van der Waals surface area contributed by atoms with Crippen LogP contribution in [0.4, 0.5) is 10.1 Å². The molecule has 2 aliphatic rings. The van der Waals surface area contributed by atoms with E-state index in [1.807, 2.05) is 49.5 Å². The highest BCUT2D eigenvalue weighted by molar-refractivity contribution is 6.19. The van der Waals surface area contributed by atoms with Crippen LogP contribution >= 0.6 is 0 Å². The molecule has 0 bridgehead atoms. The number of rotatable bonds is 9. The second-order valence-corrected chi connectivity index (χ2v) is 11.2. The average Bonchev–Trinajstić information content (AvgIpc) is 3.40. The summed E-state index contributed by atoms with van der Waals surface area (Å²) in [5.74, 6) is -0.213. The lowest BCUT2D eigenvalue weighted by Gasteiger charge is -2.21. The molecule has 1 aliphatic heterocycles. The number of hydrogen-bond acceptors (Lipinski definition) is 6. The molecule has 1 atom stereocenters. The van der Waals surface area contributed by atoms with Crippen molar-refractivity contribution in [1.29, 1.82) is 0 Å². The van der Waals surface area contributed by atoms with Crippen molar-refractivity contribution in [2.24, 2.45) is 10.9 Å². The number of nitrogens with zero attached hydrogens (tertiary/aromatic N) is 3. The molecule has 6 rings (SSSR count). The molecule has 1 aromatic heterocycles. The van der Waals surface area contributed by atoms with Gasteiger partial charge in [0.15, 0.2) is 0 Å². The van der Waals surface area contributed by atoms with Gasteiger partial charge in [-0.1, -0.05) is 44.2 Å². The highest BCUT2D eigenvalue weighted by Gasteiger charge is 2.27. The van der Waals surface area contributed by atoms with Gasteiger partial charge in [-0.2, -0.15) is 5.10 Å². The molecule has 0 amide bonds. The predicted octanol–water partition coefficient (Wildman–Crippen LogP) is 7.53. The number of allylic oxidation sites excluding steroid dienone is 4. The minimum atomic E-state index is -1.05. The van der Waals surface area contributed by atoms with Crippen LogP contribution < -0.4 is 14.8 Å². The highest BCUT2D eigenvalue weighted by atomic mass is 19.1. The second-order valence-electron chi connectivity index (χ2n) is 11.2. The third-order valence-corrected chi connectivity index (χ3v) is 8.42. The lowest BCUT2D eigenvalue weighted by Crippen LogP contribution is -2.12. The number of aromatic carboxylic acids is 1. The number of carboxylic acids is 1. The normalized spacial score (nSPS) is 15.6. The van der Waals surface area contributed by atoms with E-state index in [0.717, 1.165) is 63.4 Å². The quantitative estimate of drug-likeness (QED) is 0.205. The first-order chi connectivity index (χ1) is 21.8. The van der Waals surface area contributed by atoms with Crippen molar-refractivity contribution in [3.05, 3.63) is 112 Å². The van der Waals surface area contributed by atoms with Crippen molar-refractivity contribution < 1.29 is 23.8 Å². The van der Waals surface area contributed by atoms with Gasteiger partial charge in [0.1, 0.15) is 29.6 Å². The number of aromatic nitrogens is 2. The zero-order chi connectivity index (χ0) is 31.7. The molecule has 0 saturated carbocycles. The van der Waals surface area contributed by atoms with E-state index < -0.39 is 5.97 Å². The van der Waals surface area contributed by atoms with Crippen LogP contribution in [-0.2, 0) is 19.6 Å². The molecule has 9 heteroatoms. The van der Waals surface area contributed by atoms with Crippen LogP contribution in [0.5, 0.6) is 11.5 Å². The number of aliphatic imine (C=N–C) groups is 1. The van der Waals surface area contributed by atoms with E-state index >= 15 is 4.39 Å². The van der Waals surface area contributed by atoms with E-state index in [9.17, 15) is 9.90 Å². The molecule has 0 fully saturated rings. The number of fused-ring (bicyclic) bond motifs is 3.